The van der Waals surface area contributed by atoms with E-state index in [2.05, 4.69) is 27.4 Å². The lowest BCUT2D eigenvalue weighted by atomic mass is 10.1. The lowest BCUT2D eigenvalue weighted by Crippen LogP contribution is -2.30. The minimum atomic E-state index is -0.401. The monoisotopic (exact) mass is 529 g/mol. The van der Waals surface area contributed by atoms with Crippen LogP contribution < -0.4 is 20.1 Å². The highest BCUT2D eigenvalue weighted by Gasteiger charge is 2.20. The third kappa shape index (κ3) is 7.25. The number of hydrogen-bond acceptors (Lipinski definition) is 7. The van der Waals surface area contributed by atoms with Gasteiger partial charge < -0.3 is 24.7 Å². The molecule has 1 aromatic heterocycles. The van der Waals surface area contributed by atoms with Crippen molar-refractivity contribution < 1.29 is 19.1 Å². The maximum absolute atomic E-state index is 12.6. The second-order valence-corrected chi connectivity index (χ2v) is 9.11. The van der Waals surface area contributed by atoms with E-state index >= 15 is 0 Å². The van der Waals surface area contributed by atoms with E-state index < -0.39 is 6.04 Å². The molecule has 0 spiro atoms. The van der Waals surface area contributed by atoms with Crippen molar-refractivity contribution in [1.29, 1.82) is 0 Å². The summed E-state index contributed by atoms with van der Waals surface area (Å²) in [5.74, 6) is 1.49. The van der Waals surface area contributed by atoms with Crippen molar-refractivity contribution in [3.05, 3.63) is 71.5 Å². The fourth-order valence-corrected chi connectivity index (χ4v) is 4.33. The number of hydrogen-bond donors (Lipinski definition) is 2. The molecule has 0 saturated carbocycles. The zero-order chi connectivity index (χ0) is 26.1. The Morgan fingerprint density at radius 2 is 1.89 bits per heavy atom. The summed E-state index contributed by atoms with van der Waals surface area (Å²) in [5, 5.41) is 15.3. The summed E-state index contributed by atoms with van der Waals surface area (Å²) >= 11 is 7.26. The molecule has 1 unspecified atom stereocenters. The van der Waals surface area contributed by atoms with E-state index in [1.165, 1.54) is 18.9 Å². The average Bonchev–Trinajstić information content (AvgIpc) is 3.26. The maximum atomic E-state index is 12.6. The highest BCUT2D eigenvalue weighted by Crippen LogP contribution is 2.28. The van der Waals surface area contributed by atoms with Gasteiger partial charge in [-0.3, -0.25) is 9.59 Å². The van der Waals surface area contributed by atoms with Crippen LogP contribution in [0.2, 0.25) is 5.02 Å². The highest BCUT2D eigenvalue weighted by atomic mass is 35.5. The highest BCUT2D eigenvalue weighted by molar-refractivity contribution is 7.99. The van der Waals surface area contributed by atoms with Crippen molar-refractivity contribution in [3.63, 3.8) is 0 Å². The van der Waals surface area contributed by atoms with Gasteiger partial charge in [0.1, 0.15) is 11.5 Å². The number of benzene rings is 2. The van der Waals surface area contributed by atoms with Crippen molar-refractivity contribution in [2.24, 2.45) is 0 Å². The second kappa shape index (κ2) is 13.0. The molecular weight excluding hydrogens is 502 g/mol. The molecule has 0 aliphatic carbocycles. The Kier molecular flexibility index (Phi) is 9.77. The van der Waals surface area contributed by atoms with Crippen LogP contribution in [0.4, 0.5) is 5.69 Å². The third-order valence-corrected chi connectivity index (χ3v) is 6.32. The van der Waals surface area contributed by atoms with Crippen LogP contribution >= 0.6 is 23.4 Å². The van der Waals surface area contributed by atoms with Gasteiger partial charge in [0, 0.05) is 11.6 Å². The first-order valence-corrected chi connectivity index (χ1v) is 12.4. The summed E-state index contributed by atoms with van der Waals surface area (Å²) in [7, 11) is 3.11. The van der Waals surface area contributed by atoms with Gasteiger partial charge in [-0.1, -0.05) is 41.6 Å². The number of methoxy groups -OCH3 is 2. The van der Waals surface area contributed by atoms with Crippen molar-refractivity contribution in [2.45, 2.75) is 31.1 Å². The Balaban J connectivity index is 1.62. The molecule has 3 aromatic rings. The van der Waals surface area contributed by atoms with Gasteiger partial charge in [0.2, 0.25) is 11.8 Å². The minimum absolute atomic E-state index is 0.0865. The molecule has 2 aromatic carbocycles. The summed E-state index contributed by atoms with van der Waals surface area (Å²) in [6.07, 6.45) is 1.93. The Labute approximate surface area is 219 Å². The number of ether oxygens (including phenoxy) is 2. The SMILES string of the molecule is C=CCn1c(SCC(=O)Nc2cc(Cl)ccc2OC)nnc1C(C)NC(=O)Cc1ccc(OC)cc1. The van der Waals surface area contributed by atoms with Crippen LogP contribution in [0.3, 0.4) is 0 Å². The molecule has 0 bridgehead atoms. The molecule has 0 saturated heterocycles. The molecule has 0 radical (unpaired) electrons. The van der Waals surface area contributed by atoms with Gasteiger partial charge in [-0.2, -0.15) is 0 Å². The fourth-order valence-electron chi connectivity index (χ4n) is 3.41. The number of anilines is 1. The third-order valence-electron chi connectivity index (χ3n) is 5.11. The van der Waals surface area contributed by atoms with E-state index in [0.717, 1.165) is 11.3 Å². The topological polar surface area (TPSA) is 107 Å². The number of carbonyl (C=O) groups excluding carboxylic acids is 2. The van der Waals surface area contributed by atoms with Crippen LogP contribution in [0.5, 0.6) is 11.5 Å². The number of carbonyl (C=O) groups is 2. The lowest BCUT2D eigenvalue weighted by Gasteiger charge is -2.15. The molecular formula is C25H28ClN5O4S. The second-order valence-electron chi connectivity index (χ2n) is 7.74. The fraction of sp³-hybridized carbons (Fsp3) is 0.280. The smallest absolute Gasteiger partial charge is 0.234 e. The van der Waals surface area contributed by atoms with Crippen molar-refractivity contribution >= 4 is 40.9 Å². The minimum Gasteiger partial charge on any atom is -0.497 e. The predicted molar refractivity (Wildman–Crippen MR) is 141 cm³/mol. The van der Waals surface area contributed by atoms with Gasteiger partial charge in [0.05, 0.1) is 38.1 Å². The van der Waals surface area contributed by atoms with Crippen LogP contribution in [-0.2, 0) is 22.6 Å². The normalized spacial score (nSPS) is 11.4. The van der Waals surface area contributed by atoms with Gasteiger partial charge in [-0.05, 0) is 42.8 Å². The number of halogens is 1. The molecule has 0 aliphatic heterocycles. The molecule has 11 heteroatoms. The van der Waals surface area contributed by atoms with Crippen LogP contribution in [0.1, 0.15) is 24.4 Å². The quantitative estimate of drug-likeness (QED) is 0.266. The van der Waals surface area contributed by atoms with E-state index in [-0.39, 0.29) is 24.0 Å². The van der Waals surface area contributed by atoms with E-state index in [1.807, 2.05) is 35.8 Å². The summed E-state index contributed by atoms with van der Waals surface area (Å²) in [6.45, 7) is 6.06. The molecule has 2 N–H and O–H groups in total. The molecule has 1 atom stereocenters. The molecule has 9 nitrogen and oxygen atoms in total. The maximum Gasteiger partial charge on any atom is 0.234 e. The first-order valence-electron chi connectivity index (χ1n) is 11.1. The van der Waals surface area contributed by atoms with Crippen molar-refractivity contribution in [2.75, 3.05) is 25.3 Å². The summed E-state index contributed by atoms with van der Waals surface area (Å²) in [6, 6.07) is 11.9. The number of thioether (sulfide) groups is 1. The summed E-state index contributed by atoms with van der Waals surface area (Å²) < 4.78 is 12.2. The van der Waals surface area contributed by atoms with Gasteiger partial charge in [-0.15, -0.1) is 16.8 Å². The largest absolute Gasteiger partial charge is 0.497 e. The summed E-state index contributed by atoms with van der Waals surface area (Å²) in [5.41, 5.74) is 1.35. The van der Waals surface area contributed by atoms with Gasteiger partial charge >= 0.3 is 0 Å². The van der Waals surface area contributed by atoms with E-state index in [1.54, 1.807) is 31.4 Å². The van der Waals surface area contributed by atoms with Crippen LogP contribution in [-0.4, -0.2) is 46.6 Å². The first kappa shape index (κ1) is 27.1. The molecule has 1 heterocycles. The Morgan fingerprint density at radius 1 is 1.14 bits per heavy atom. The molecule has 190 valence electrons. The molecule has 0 fully saturated rings. The molecule has 2 amide bonds. The van der Waals surface area contributed by atoms with Crippen LogP contribution in [0.25, 0.3) is 0 Å². The zero-order valence-electron chi connectivity index (χ0n) is 20.3. The van der Waals surface area contributed by atoms with E-state index in [4.69, 9.17) is 21.1 Å². The number of allylic oxidation sites excluding steroid dienone is 1. The average molecular weight is 530 g/mol. The number of nitrogens with zero attached hydrogens (tertiary/aromatic N) is 3. The Bertz CT molecular complexity index is 1220. The molecule has 3 rings (SSSR count). The van der Waals surface area contributed by atoms with Gasteiger partial charge in [0.15, 0.2) is 11.0 Å². The predicted octanol–water partition coefficient (Wildman–Crippen LogP) is 4.29. The first-order chi connectivity index (χ1) is 17.3. The van der Waals surface area contributed by atoms with Gasteiger partial charge in [-0.25, -0.2) is 0 Å². The van der Waals surface area contributed by atoms with Crippen LogP contribution in [0.15, 0.2) is 60.3 Å². The number of amides is 2. The molecule has 0 aliphatic rings. The lowest BCUT2D eigenvalue weighted by molar-refractivity contribution is -0.121. The Morgan fingerprint density at radius 3 is 2.56 bits per heavy atom. The number of nitrogens with one attached hydrogen (secondary N) is 2. The van der Waals surface area contributed by atoms with Crippen molar-refractivity contribution in [1.82, 2.24) is 20.1 Å². The van der Waals surface area contributed by atoms with E-state index in [0.29, 0.717) is 34.0 Å². The van der Waals surface area contributed by atoms with Gasteiger partial charge in [0.25, 0.3) is 0 Å². The van der Waals surface area contributed by atoms with Crippen molar-refractivity contribution in [3.8, 4) is 11.5 Å². The molecule has 36 heavy (non-hydrogen) atoms. The number of aromatic nitrogens is 3. The summed E-state index contributed by atoms with van der Waals surface area (Å²) in [4.78, 5) is 25.2. The zero-order valence-corrected chi connectivity index (χ0v) is 21.9. The number of rotatable bonds is 12. The van der Waals surface area contributed by atoms with E-state index in [9.17, 15) is 9.59 Å². The van der Waals surface area contributed by atoms with Crippen LogP contribution in [0, 0.1) is 0 Å². The standard InChI is InChI=1S/C25H28ClN5O4S/c1-5-12-31-24(16(2)27-22(32)13-17-6-9-19(34-3)10-7-17)29-30-25(31)36-15-23(33)28-20-14-18(26)8-11-21(20)35-4/h5-11,14,16H,1,12-13,15H2,2-4H3,(H,27,32)(H,28,33). The Hall–Kier alpha value is -3.50.